The maximum atomic E-state index is 14.5. The van der Waals surface area contributed by atoms with Crippen LogP contribution in [0.5, 0.6) is 0 Å². The van der Waals surface area contributed by atoms with Crippen molar-refractivity contribution in [2.24, 2.45) is 0 Å². The third-order valence-electron chi connectivity index (χ3n) is 5.92. The maximum Gasteiger partial charge on any atom is 0.131 e. The molecule has 0 aliphatic carbocycles. The van der Waals surface area contributed by atoms with Crippen molar-refractivity contribution in [2.75, 3.05) is 13.1 Å². The number of halogens is 1. The lowest BCUT2D eigenvalue weighted by Gasteiger charge is -2.13. The number of nitrogens with one attached hydrogen (secondary N) is 3. The van der Waals surface area contributed by atoms with Crippen LogP contribution in [0.2, 0.25) is 0 Å². The predicted molar refractivity (Wildman–Crippen MR) is 122 cm³/mol. The number of hydrogen-bond acceptors (Lipinski definition) is 3. The number of aromatic nitrogens is 4. The van der Waals surface area contributed by atoms with Gasteiger partial charge in [-0.3, -0.25) is 10.1 Å². The topological polar surface area (TPSA) is 69.4 Å². The molecule has 2 aromatic carbocycles. The molecule has 152 valence electrons. The second-order valence-electron chi connectivity index (χ2n) is 7.80. The minimum Gasteiger partial charge on any atom is -0.353 e. The Hall–Kier alpha value is -3.77. The SMILES string of the molecule is Fc1ccccc1-c1cccc2[nH]c(-c3n[nH]c4cnc(C5=CCNCC5)cc34)cc12. The highest BCUT2D eigenvalue weighted by atomic mass is 19.1. The zero-order valence-corrected chi connectivity index (χ0v) is 16.7. The fraction of sp³-hybridized carbons (Fsp3) is 0.120. The molecule has 0 fully saturated rings. The van der Waals surface area contributed by atoms with Gasteiger partial charge in [0.2, 0.25) is 0 Å². The number of benzene rings is 2. The molecular formula is C25H20FN5. The Morgan fingerprint density at radius 1 is 0.903 bits per heavy atom. The van der Waals surface area contributed by atoms with Crippen molar-refractivity contribution in [1.82, 2.24) is 25.5 Å². The van der Waals surface area contributed by atoms with E-state index >= 15 is 0 Å². The second kappa shape index (κ2) is 7.18. The predicted octanol–water partition coefficient (Wildman–Crippen LogP) is 5.29. The third kappa shape index (κ3) is 3.04. The zero-order valence-electron chi connectivity index (χ0n) is 16.7. The first-order valence-corrected chi connectivity index (χ1v) is 10.4. The number of fused-ring (bicyclic) bond motifs is 2. The van der Waals surface area contributed by atoms with Gasteiger partial charge in [0.15, 0.2) is 0 Å². The summed E-state index contributed by atoms with van der Waals surface area (Å²) in [5, 5.41) is 13.0. The molecule has 0 bridgehead atoms. The lowest BCUT2D eigenvalue weighted by molar-refractivity contribution is 0.631. The summed E-state index contributed by atoms with van der Waals surface area (Å²) < 4.78 is 14.5. The highest BCUT2D eigenvalue weighted by Crippen LogP contribution is 2.35. The van der Waals surface area contributed by atoms with Crippen LogP contribution < -0.4 is 5.32 Å². The van der Waals surface area contributed by atoms with E-state index in [0.717, 1.165) is 64.0 Å². The molecule has 0 saturated carbocycles. The molecule has 6 heteroatoms. The van der Waals surface area contributed by atoms with E-state index < -0.39 is 0 Å². The summed E-state index contributed by atoms with van der Waals surface area (Å²) in [7, 11) is 0. The van der Waals surface area contributed by atoms with Crippen LogP contribution in [0.25, 0.3) is 49.9 Å². The van der Waals surface area contributed by atoms with Crippen LogP contribution in [0, 0.1) is 5.82 Å². The van der Waals surface area contributed by atoms with Crippen molar-refractivity contribution < 1.29 is 4.39 Å². The third-order valence-corrected chi connectivity index (χ3v) is 5.92. The quantitative estimate of drug-likeness (QED) is 0.379. The molecule has 5 nitrogen and oxygen atoms in total. The monoisotopic (exact) mass is 409 g/mol. The van der Waals surface area contributed by atoms with Gasteiger partial charge in [-0.05, 0) is 48.4 Å². The normalized spacial score (nSPS) is 14.3. The van der Waals surface area contributed by atoms with Gasteiger partial charge in [-0.1, -0.05) is 36.4 Å². The number of H-pyrrole nitrogens is 2. The Bertz CT molecular complexity index is 1460. The summed E-state index contributed by atoms with van der Waals surface area (Å²) in [6.45, 7) is 1.83. The molecule has 0 saturated heterocycles. The Labute approximate surface area is 178 Å². The molecule has 0 spiro atoms. The Morgan fingerprint density at radius 3 is 2.68 bits per heavy atom. The van der Waals surface area contributed by atoms with Crippen molar-refractivity contribution >= 4 is 27.4 Å². The molecule has 1 aliphatic heterocycles. The molecule has 0 amide bonds. The summed E-state index contributed by atoms with van der Waals surface area (Å²) in [5.74, 6) is -0.228. The largest absolute Gasteiger partial charge is 0.353 e. The van der Waals surface area contributed by atoms with Crippen LogP contribution >= 0.6 is 0 Å². The van der Waals surface area contributed by atoms with E-state index in [1.165, 1.54) is 11.6 Å². The van der Waals surface area contributed by atoms with Crippen molar-refractivity contribution in [3.05, 3.63) is 78.4 Å². The Kier molecular flexibility index (Phi) is 4.18. The lowest BCUT2D eigenvalue weighted by Crippen LogP contribution is -2.20. The van der Waals surface area contributed by atoms with Gasteiger partial charge in [0.25, 0.3) is 0 Å². The average Bonchev–Trinajstić information content (AvgIpc) is 3.43. The zero-order chi connectivity index (χ0) is 20.8. The standard InChI is InChI=1S/C25H20FN5/c26-20-6-2-1-4-17(20)16-5-3-7-21-18(16)12-23(29-21)25-19-13-22(15-8-10-27-11-9-15)28-14-24(19)30-31-25/h1-8,12-14,27,29H,9-11H2,(H,30,31). The number of pyridine rings is 1. The Morgan fingerprint density at radius 2 is 1.81 bits per heavy atom. The molecule has 0 atom stereocenters. The van der Waals surface area contributed by atoms with Gasteiger partial charge in [0.05, 0.1) is 23.1 Å². The molecular weight excluding hydrogens is 389 g/mol. The number of rotatable bonds is 3. The first-order chi connectivity index (χ1) is 15.3. The van der Waals surface area contributed by atoms with Gasteiger partial charge in [0, 0.05) is 28.4 Å². The van der Waals surface area contributed by atoms with Crippen LogP contribution in [0.4, 0.5) is 4.39 Å². The summed E-state index contributed by atoms with van der Waals surface area (Å²) in [5.41, 5.74) is 7.26. The van der Waals surface area contributed by atoms with Crippen molar-refractivity contribution in [2.45, 2.75) is 6.42 Å². The highest BCUT2D eigenvalue weighted by molar-refractivity contribution is 6.01. The van der Waals surface area contributed by atoms with Crippen molar-refractivity contribution in [3.8, 4) is 22.5 Å². The van der Waals surface area contributed by atoms with Crippen molar-refractivity contribution in [1.29, 1.82) is 0 Å². The van der Waals surface area contributed by atoms with E-state index in [0.29, 0.717) is 5.56 Å². The summed E-state index contributed by atoms with van der Waals surface area (Å²) >= 11 is 0. The average molecular weight is 409 g/mol. The molecule has 0 unspecified atom stereocenters. The lowest BCUT2D eigenvalue weighted by atomic mass is 10.0. The van der Waals surface area contributed by atoms with Gasteiger partial charge >= 0.3 is 0 Å². The van der Waals surface area contributed by atoms with E-state index in [2.05, 4.69) is 43.7 Å². The van der Waals surface area contributed by atoms with Crippen LogP contribution in [-0.4, -0.2) is 33.3 Å². The molecule has 3 N–H and O–H groups in total. The van der Waals surface area contributed by atoms with Crippen molar-refractivity contribution in [3.63, 3.8) is 0 Å². The van der Waals surface area contributed by atoms with Gasteiger partial charge in [-0.2, -0.15) is 5.10 Å². The number of hydrogen-bond donors (Lipinski definition) is 3. The van der Waals surface area contributed by atoms with Crippen LogP contribution in [0.3, 0.4) is 0 Å². The smallest absolute Gasteiger partial charge is 0.131 e. The van der Waals surface area contributed by atoms with Crippen LogP contribution in [0.1, 0.15) is 12.1 Å². The first kappa shape index (κ1) is 18.0. The number of aromatic amines is 2. The molecule has 5 aromatic rings. The summed E-state index contributed by atoms with van der Waals surface area (Å²) in [6.07, 6.45) is 5.00. The first-order valence-electron chi connectivity index (χ1n) is 10.4. The summed E-state index contributed by atoms with van der Waals surface area (Å²) in [4.78, 5) is 8.09. The fourth-order valence-electron chi connectivity index (χ4n) is 4.35. The van der Waals surface area contributed by atoms with Gasteiger partial charge in [0.1, 0.15) is 11.5 Å². The molecule has 1 aliphatic rings. The van der Waals surface area contributed by atoms with Crippen LogP contribution in [0.15, 0.2) is 66.9 Å². The highest BCUT2D eigenvalue weighted by Gasteiger charge is 2.16. The molecule has 6 rings (SSSR count). The van der Waals surface area contributed by atoms with E-state index in [-0.39, 0.29) is 5.82 Å². The molecule has 0 radical (unpaired) electrons. The fourth-order valence-corrected chi connectivity index (χ4v) is 4.35. The maximum absolute atomic E-state index is 14.5. The molecule has 3 aromatic heterocycles. The second-order valence-corrected chi connectivity index (χ2v) is 7.80. The van der Waals surface area contributed by atoms with E-state index in [1.54, 1.807) is 6.07 Å². The minimum atomic E-state index is -0.228. The van der Waals surface area contributed by atoms with Crippen LogP contribution in [-0.2, 0) is 0 Å². The molecule has 31 heavy (non-hydrogen) atoms. The minimum absolute atomic E-state index is 0.228. The van der Waals surface area contributed by atoms with E-state index in [9.17, 15) is 4.39 Å². The van der Waals surface area contributed by atoms with Gasteiger partial charge < -0.3 is 10.3 Å². The summed E-state index contributed by atoms with van der Waals surface area (Å²) in [6, 6.07) is 16.9. The number of nitrogens with zero attached hydrogens (tertiary/aromatic N) is 2. The molecule has 4 heterocycles. The Balaban J connectivity index is 1.50. The van der Waals surface area contributed by atoms with E-state index in [1.807, 2.05) is 36.5 Å². The van der Waals surface area contributed by atoms with Gasteiger partial charge in [-0.25, -0.2) is 4.39 Å². The van der Waals surface area contributed by atoms with Gasteiger partial charge in [-0.15, -0.1) is 0 Å². The van der Waals surface area contributed by atoms with E-state index in [4.69, 9.17) is 0 Å².